The number of aliphatic imine (C=N–C) groups is 1. The summed E-state index contributed by atoms with van der Waals surface area (Å²) in [5.41, 5.74) is 6.93. The van der Waals surface area contributed by atoms with Crippen LogP contribution < -0.4 is 10.9 Å². The summed E-state index contributed by atoms with van der Waals surface area (Å²) in [4.78, 5) is 30.6. The summed E-state index contributed by atoms with van der Waals surface area (Å²) in [6, 6.07) is 10.5. The molecule has 0 saturated heterocycles. The van der Waals surface area contributed by atoms with Gasteiger partial charge in [-0.1, -0.05) is 23.3 Å². The summed E-state index contributed by atoms with van der Waals surface area (Å²) >= 11 is 0. The van der Waals surface area contributed by atoms with Gasteiger partial charge in [0.05, 0.1) is 11.2 Å². The molecule has 0 unspecified atom stereocenters. The van der Waals surface area contributed by atoms with Crippen LogP contribution in [-0.4, -0.2) is 48.3 Å². The van der Waals surface area contributed by atoms with E-state index in [4.69, 9.17) is 0 Å². The van der Waals surface area contributed by atoms with Gasteiger partial charge in [0, 0.05) is 11.1 Å². The lowest BCUT2D eigenvalue weighted by Gasteiger charge is -2.35. The number of rotatable bonds is 4. The van der Waals surface area contributed by atoms with Crippen molar-refractivity contribution >= 4 is 43.9 Å². The van der Waals surface area contributed by atoms with Crippen LogP contribution in [0, 0.1) is 13.8 Å². The lowest BCUT2D eigenvalue weighted by Crippen LogP contribution is -2.55. The van der Waals surface area contributed by atoms with Crippen LogP contribution in [0.15, 0.2) is 41.4 Å². The highest BCUT2D eigenvalue weighted by atomic mass is 16.2. The zero-order chi connectivity index (χ0) is 22.6. The van der Waals surface area contributed by atoms with Gasteiger partial charge in [-0.25, -0.2) is 5.01 Å². The van der Waals surface area contributed by atoms with E-state index in [1.807, 2.05) is 67.6 Å². The van der Waals surface area contributed by atoms with Crippen molar-refractivity contribution in [3.8, 4) is 0 Å². The van der Waals surface area contributed by atoms with Gasteiger partial charge >= 0.3 is 7.48 Å². The number of hydrazine groups is 1. The highest BCUT2D eigenvalue weighted by Crippen LogP contribution is 2.19. The number of benzene rings is 2. The van der Waals surface area contributed by atoms with Gasteiger partial charge in [0.1, 0.15) is 0 Å². The molecule has 8 heteroatoms. The molecule has 2 aromatic carbocycles. The molecular formula is C22H29B2N3O3. The van der Waals surface area contributed by atoms with Crippen LogP contribution in [-0.2, 0) is 0 Å². The normalized spacial score (nSPS) is 11.8. The van der Waals surface area contributed by atoms with Crippen LogP contribution in [0.4, 0.5) is 5.69 Å². The average Bonchev–Trinajstić information content (AvgIpc) is 2.63. The first-order valence-electron chi connectivity index (χ1n) is 9.92. The predicted octanol–water partition coefficient (Wildman–Crippen LogP) is 1.54. The van der Waals surface area contributed by atoms with Crippen molar-refractivity contribution in [2.24, 2.45) is 4.99 Å². The number of carbonyl (C=O) groups excluding carboxylic acids is 2. The van der Waals surface area contributed by atoms with Crippen molar-refractivity contribution in [3.05, 3.63) is 58.7 Å². The van der Waals surface area contributed by atoms with Crippen molar-refractivity contribution in [2.45, 2.75) is 47.1 Å². The first-order valence-corrected chi connectivity index (χ1v) is 9.92. The van der Waals surface area contributed by atoms with Crippen LogP contribution in [0.5, 0.6) is 0 Å². The molecule has 2 amide bonds. The number of carbonyl (C=O) groups is 2. The Balaban J connectivity index is 2.39. The van der Waals surface area contributed by atoms with Crippen LogP contribution in [0.2, 0.25) is 0 Å². The molecule has 0 radical (unpaired) electrons. The van der Waals surface area contributed by atoms with Gasteiger partial charge in [0.15, 0.2) is 7.85 Å². The number of amides is 2. The lowest BCUT2D eigenvalue weighted by molar-refractivity contribution is 0.0358. The molecule has 0 spiro atoms. The van der Waals surface area contributed by atoms with E-state index in [0.717, 1.165) is 16.7 Å². The van der Waals surface area contributed by atoms with Crippen LogP contribution in [0.1, 0.15) is 59.5 Å². The maximum atomic E-state index is 13.2. The summed E-state index contributed by atoms with van der Waals surface area (Å²) in [7, 11) is 1.67. The van der Waals surface area contributed by atoms with Gasteiger partial charge in [-0.3, -0.25) is 20.0 Å². The molecule has 2 aromatic rings. The molecule has 0 heterocycles. The Morgan fingerprint density at radius 2 is 1.67 bits per heavy atom. The molecule has 0 fully saturated rings. The molecule has 0 saturated carbocycles. The summed E-state index contributed by atoms with van der Waals surface area (Å²) in [6.07, 6.45) is 0. The van der Waals surface area contributed by atoms with Gasteiger partial charge in [-0.05, 0) is 76.9 Å². The minimum atomic E-state index is -0.642. The lowest BCUT2D eigenvalue weighted by atomic mass is 9.86. The third-order valence-corrected chi connectivity index (χ3v) is 4.42. The molecule has 30 heavy (non-hydrogen) atoms. The predicted molar refractivity (Wildman–Crippen MR) is 126 cm³/mol. The van der Waals surface area contributed by atoms with E-state index in [-0.39, 0.29) is 13.4 Å². The van der Waals surface area contributed by atoms with Gasteiger partial charge in [0.2, 0.25) is 0 Å². The van der Waals surface area contributed by atoms with Crippen molar-refractivity contribution in [1.29, 1.82) is 0 Å². The summed E-state index contributed by atoms with van der Waals surface area (Å²) in [5.74, 6) is -0.699. The molecule has 0 aliphatic rings. The fourth-order valence-corrected chi connectivity index (χ4v) is 3.10. The zero-order valence-corrected chi connectivity index (χ0v) is 18.8. The third kappa shape index (κ3) is 5.83. The van der Waals surface area contributed by atoms with Gasteiger partial charge in [0.25, 0.3) is 11.8 Å². The Morgan fingerprint density at radius 3 is 2.17 bits per heavy atom. The maximum absolute atomic E-state index is 13.2. The first-order chi connectivity index (χ1) is 13.9. The monoisotopic (exact) mass is 405 g/mol. The Hall–Kier alpha value is -2.86. The standard InChI is InChI=1S/C22H29B2N3O3/c1-13-9-14(2)11-17(10-13)21(29)27(22(4,5)6)26-20(28)16-7-8-18(24-30)19(12-16)25-15(3)23/h7-12,24,30H,23H2,1-6H3,(H,26,28)/b25-15-. The minimum absolute atomic E-state index is 0.173. The Morgan fingerprint density at radius 1 is 1.07 bits per heavy atom. The quantitative estimate of drug-likeness (QED) is 0.460. The van der Waals surface area contributed by atoms with Crippen molar-refractivity contribution in [3.63, 3.8) is 0 Å². The largest absolute Gasteiger partial charge is 0.449 e. The molecular weight excluding hydrogens is 376 g/mol. The average molecular weight is 405 g/mol. The van der Waals surface area contributed by atoms with Crippen LogP contribution in [0.25, 0.3) is 0 Å². The molecule has 2 N–H and O–H groups in total. The summed E-state index contributed by atoms with van der Waals surface area (Å²) < 4.78 is 0. The van der Waals surface area contributed by atoms with Crippen LogP contribution in [0.3, 0.4) is 0 Å². The zero-order valence-electron chi connectivity index (χ0n) is 18.8. The second-order valence-corrected chi connectivity index (χ2v) is 8.69. The Labute approximate surface area is 180 Å². The number of hydrogen-bond donors (Lipinski definition) is 2. The number of nitrogens with one attached hydrogen (secondary N) is 1. The minimum Gasteiger partial charge on any atom is -0.449 e. The van der Waals surface area contributed by atoms with E-state index in [0.29, 0.717) is 22.3 Å². The maximum Gasteiger partial charge on any atom is 0.306 e. The van der Waals surface area contributed by atoms with E-state index in [2.05, 4.69) is 10.4 Å². The SMILES string of the molecule is B/C(C)=N\c1cc(C(=O)NN(C(=O)c2cc(C)cc(C)c2)C(C)(C)C)ccc1BO. The molecule has 0 aliphatic carbocycles. The fraction of sp³-hybridized carbons (Fsp3) is 0.318. The molecule has 156 valence electrons. The smallest absolute Gasteiger partial charge is 0.306 e. The van der Waals surface area contributed by atoms with Gasteiger partial charge in [-0.2, -0.15) is 0 Å². The molecule has 6 nitrogen and oxygen atoms in total. The highest BCUT2D eigenvalue weighted by molar-refractivity contribution is 6.59. The van der Waals surface area contributed by atoms with E-state index in [1.54, 1.807) is 18.2 Å². The second kappa shape index (κ2) is 9.30. The van der Waals surface area contributed by atoms with E-state index >= 15 is 0 Å². The topological polar surface area (TPSA) is 82.0 Å². The van der Waals surface area contributed by atoms with Crippen LogP contribution >= 0.6 is 0 Å². The summed E-state index contributed by atoms with van der Waals surface area (Å²) in [5, 5.41) is 10.9. The van der Waals surface area contributed by atoms with Gasteiger partial charge < -0.3 is 5.02 Å². The number of hydrogen-bond acceptors (Lipinski definition) is 4. The van der Waals surface area contributed by atoms with Crippen molar-refractivity contribution in [1.82, 2.24) is 10.4 Å². The number of nitrogens with zero attached hydrogens (tertiary/aromatic N) is 2. The van der Waals surface area contributed by atoms with Crippen molar-refractivity contribution in [2.75, 3.05) is 0 Å². The third-order valence-electron chi connectivity index (χ3n) is 4.42. The highest BCUT2D eigenvalue weighted by Gasteiger charge is 2.30. The first kappa shape index (κ1) is 23.4. The molecule has 2 rings (SSSR count). The molecule has 0 aliphatic heterocycles. The second-order valence-electron chi connectivity index (χ2n) is 8.69. The number of aryl methyl sites for hydroxylation is 2. The van der Waals surface area contributed by atoms with Crippen molar-refractivity contribution < 1.29 is 14.6 Å². The molecule has 0 aromatic heterocycles. The van der Waals surface area contributed by atoms with E-state index in [9.17, 15) is 14.6 Å². The Kier molecular flexibility index (Phi) is 7.26. The fourth-order valence-electron chi connectivity index (χ4n) is 3.10. The molecule has 0 atom stereocenters. The molecule has 0 bridgehead atoms. The van der Waals surface area contributed by atoms with E-state index in [1.165, 1.54) is 5.01 Å². The summed E-state index contributed by atoms with van der Waals surface area (Å²) in [6.45, 7) is 11.3. The van der Waals surface area contributed by atoms with Gasteiger partial charge in [-0.15, -0.1) is 0 Å². The van der Waals surface area contributed by atoms with E-state index < -0.39 is 11.4 Å². The Bertz CT molecular complexity index is 973.